The number of hydrogen-bond acceptors (Lipinski definition) is 5. The molecule has 0 aromatic rings. The van der Waals surface area contributed by atoms with Crippen LogP contribution in [0.4, 0.5) is 0 Å². The molecule has 0 amide bonds. The van der Waals surface area contributed by atoms with E-state index in [1.165, 1.54) is 89.9 Å². The molecule has 0 aliphatic rings. The molecule has 1 unspecified atom stereocenters. The fourth-order valence-electron chi connectivity index (χ4n) is 9.07. The summed E-state index contributed by atoms with van der Waals surface area (Å²) in [6, 6.07) is 0. The van der Waals surface area contributed by atoms with Gasteiger partial charge >= 0.3 is 11.9 Å². The highest BCUT2D eigenvalue weighted by Gasteiger charge is 2.16. The maximum absolute atomic E-state index is 12.3. The smallest absolute Gasteiger partial charge is 0.306 e. The Hall–Kier alpha value is -5.78. The summed E-state index contributed by atoms with van der Waals surface area (Å²) in [5, 5.41) is 9.70. The Morgan fingerprint density at radius 2 is 0.455 bits per heavy atom. The van der Waals surface area contributed by atoms with Crippen LogP contribution in [0.25, 0.3) is 0 Å². The molecule has 0 aromatic heterocycles. The molecule has 0 bridgehead atoms. The van der Waals surface area contributed by atoms with Crippen LogP contribution in [0.2, 0.25) is 0 Å². The molecular weight excluding hydrogens is 1080 g/mol. The molecule has 5 heteroatoms. The van der Waals surface area contributed by atoms with Crippen LogP contribution in [0.5, 0.6) is 0 Å². The van der Waals surface area contributed by atoms with Gasteiger partial charge in [0.1, 0.15) is 6.61 Å². The number of hydrogen-bond donors (Lipinski definition) is 1. The summed E-state index contributed by atoms with van der Waals surface area (Å²) in [6.07, 6.45) is 122. The minimum atomic E-state index is -0.813. The van der Waals surface area contributed by atoms with E-state index in [0.29, 0.717) is 12.8 Å². The van der Waals surface area contributed by atoms with Gasteiger partial charge in [-0.05, 0) is 154 Å². The SMILES string of the molecule is CC/C=C\C/C=C\C/C=C\C/C=C\C/C=C\C/C=C\C/C=C\C/C=C\C/C=C\C/C=C\CCCCC(=O)OC(CO)COC(=O)CCCCCCCCCCCCCCCCCC/C=C\C/C=C\C/C=C\C/C=C\C/C=C\C/C=C\C/C=C\C/C=C\CC. The third-order valence-electron chi connectivity index (χ3n) is 14.3. The number of carbonyl (C=O) groups excluding carboxylic acids is 2. The number of unbranched alkanes of at least 4 members (excludes halogenated alkanes) is 18. The van der Waals surface area contributed by atoms with Crippen molar-refractivity contribution in [1.29, 1.82) is 0 Å². The molecule has 88 heavy (non-hydrogen) atoms. The van der Waals surface area contributed by atoms with Crippen LogP contribution in [0.3, 0.4) is 0 Å². The lowest BCUT2D eigenvalue weighted by molar-refractivity contribution is -0.161. The molecule has 490 valence electrons. The zero-order valence-electron chi connectivity index (χ0n) is 56.1. The van der Waals surface area contributed by atoms with Gasteiger partial charge < -0.3 is 14.6 Å². The fraction of sp³-hybridized carbons (Fsp3) is 0.542. The van der Waals surface area contributed by atoms with Crippen LogP contribution in [0.1, 0.15) is 271 Å². The van der Waals surface area contributed by atoms with Crippen molar-refractivity contribution in [2.24, 2.45) is 0 Å². The molecule has 5 nitrogen and oxygen atoms in total. The highest BCUT2D eigenvalue weighted by Crippen LogP contribution is 2.15. The lowest BCUT2D eigenvalue weighted by Gasteiger charge is -2.15. The molecule has 0 aromatic carbocycles. The molecule has 0 rings (SSSR count). The highest BCUT2D eigenvalue weighted by atomic mass is 16.6. The van der Waals surface area contributed by atoms with E-state index in [1.807, 2.05) is 0 Å². The van der Waals surface area contributed by atoms with Crippen molar-refractivity contribution >= 4 is 11.9 Å². The lowest BCUT2D eigenvalue weighted by Crippen LogP contribution is -2.28. The van der Waals surface area contributed by atoms with Crippen LogP contribution in [0.15, 0.2) is 219 Å². The lowest BCUT2D eigenvalue weighted by atomic mass is 10.0. The van der Waals surface area contributed by atoms with Gasteiger partial charge in [-0.3, -0.25) is 9.59 Å². The largest absolute Gasteiger partial charge is 0.462 e. The van der Waals surface area contributed by atoms with Gasteiger partial charge in [-0.2, -0.15) is 0 Å². The second-order valence-corrected chi connectivity index (χ2v) is 22.5. The number of rotatable bonds is 62. The maximum Gasteiger partial charge on any atom is 0.306 e. The average Bonchev–Trinajstić information content (AvgIpc) is 3.56. The van der Waals surface area contributed by atoms with E-state index in [2.05, 4.69) is 233 Å². The van der Waals surface area contributed by atoms with Crippen molar-refractivity contribution in [2.75, 3.05) is 13.2 Å². The first-order valence-corrected chi connectivity index (χ1v) is 35.3. The van der Waals surface area contributed by atoms with Crippen molar-refractivity contribution in [1.82, 2.24) is 0 Å². The van der Waals surface area contributed by atoms with Gasteiger partial charge in [-0.1, -0.05) is 322 Å². The van der Waals surface area contributed by atoms with Gasteiger partial charge in [0.25, 0.3) is 0 Å². The summed E-state index contributed by atoms with van der Waals surface area (Å²) in [5.41, 5.74) is 0. The predicted octanol–water partition coefficient (Wildman–Crippen LogP) is 25.1. The molecule has 1 N–H and O–H groups in total. The van der Waals surface area contributed by atoms with E-state index in [0.717, 1.165) is 148 Å². The zero-order valence-corrected chi connectivity index (χ0v) is 56.1. The minimum absolute atomic E-state index is 0.0961. The summed E-state index contributed by atoms with van der Waals surface area (Å²) in [7, 11) is 0. The van der Waals surface area contributed by atoms with E-state index in [1.54, 1.807) is 0 Å². The first kappa shape index (κ1) is 82.2. The molecule has 0 spiro atoms. The first-order chi connectivity index (χ1) is 43.6. The van der Waals surface area contributed by atoms with E-state index in [9.17, 15) is 14.7 Å². The Morgan fingerprint density at radius 1 is 0.261 bits per heavy atom. The van der Waals surface area contributed by atoms with Gasteiger partial charge in [0.2, 0.25) is 0 Å². The summed E-state index contributed by atoms with van der Waals surface area (Å²) < 4.78 is 10.7. The van der Waals surface area contributed by atoms with Gasteiger partial charge in [0.15, 0.2) is 6.10 Å². The number of allylic oxidation sites excluding steroid dienone is 36. The average molecular weight is 1210 g/mol. The Kier molecular flexibility index (Phi) is 70.5. The number of esters is 2. The predicted molar refractivity (Wildman–Crippen MR) is 388 cm³/mol. The summed E-state index contributed by atoms with van der Waals surface area (Å²) in [5.74, 6) is -0.652. The Balaban J connectivity index is 3.61. The number of aliphatic hydroxyl groups excluding tert-OH is 1. The van der Waals surface area contributed by atoms with E-state index in [4.69, 9.17) is 9.47 Å². The van der Waals surface area contributed by atoms with Crippen molar-refractivity contribution in [2.45, 2.75) is 277 Å². The van der Waals surface area contributed by atoms with Crippen molar-refractivity contribution < 1.29 is 24.2 Å². The Labute approximate surface area is 542 Å². The normalized spacial score (nSPS) is 13.6. The quantitative estimate of drug-likeness (QED) is 0.0373. The highest BCUT2D eigenvalue weighted by molar-refractivity contribution is 5.70. The van der Waals surface area contributed by atoms with Crippen LogP contribution in [0, 0.1) is 0 Å². The summed E-state index contributed by atoms with van der Waals surface area (Å²) >= 11 is 0. The molecule has 0 aliphatic heterocycles. The number of ether oxygens (including phenoxy) is 2. The standard InChI is InChI=1S/C83H128O5/c1-3-5-7-9-11-13-15-17-19-21-23-25-27-29-31-33-35-37-38-39-40-41-42-43-44-46-47-49-51-53-55-57-59-61-63-65-67-69-71-73-75-77-82(85)87-80-81(79-84)88-83(86)78-76-74-72-70-68-66-64-62-60-58-56-54-52-50-48-45-36-34-32-30-28-26-24-22-20-18-16-14-12-10-8-6-4-2/h5-8,11-14,17-20,23-26,29-32,35-37,39-40,42-43,45,50,52,56,58,62,64,68,70,81,84H,3-4,9-10,15-16,21-22,27-28,33-34,38,41,44,46-49,51,53-55,57,59-61,63,65-67,69,71-80H2,1-2H3/b7-5-,8-6-,13-11-,14-12-,19-17-,20-18-,25-23-,26-24-,31-29-,32-30-,37-35-,40-39-,43-42-,45-36-,52-50-,58-56-,64-62-,70-68-. The summed E-state index contributed by atoms with van der Waals surface area (Å²) in [4.78, 5) is 24.6. The molecule has 1 atom stereocenters. The van der Waals surface area contributed by atoms with Crippen LogP contribution < -0.4 is 0 Å². The van der Waals surface area contributed by atoms with Crippen molar-refractivity contribution in [3.05, 3.63) is 219 Å². The fourth-order valence-corrected chi connectivity index (χ4v) is 9.07. The molecule has 0 radical (unpaired) electrons. The van der Waals surface area contributed by atoms with Gasteiger partial charge in [-0.25, -0.2) is 0 Å². The monoisotopic (exact) mass is 1200 g/mol. The second kappa shape index (κ2) is 75.5. The number of aliphatic hydroxyl groups is 1. The first-order valence-electron chi connectivity index (χ1n) is 35.3. The molecule has 0 saturated carbocycles. The molecule has 0 saturated heterocycles. The van der Waals surface area contributed by atoms with E-state index < -0.39 is 6.10 Å². The molecule has 0 heterocycles. The third kappa shape index (κ3) is 72.7. The van der Waals surface area contributed by atoms with Crippen molar-refractivity contribution in [3.63, 3.8) is 0 Å². The Bertz CT molecular complexity index is 2100. The van der Waals surface area contributed by atoms with Gasteiger partial charge in [-0.15, -0.1) is 0 Å². The van der Waals surface area contributed by atoms with Crippen LogP contribution >= 0.6 is 0 Å². The number of carbonyl (C=O) groups is 2. The van der Waals surface area contributed by atoms with Gasteiger partial charge in [0, 0.05) is 12.8 Å². The van der Waals surface area contributed by atoms with E-state index in [-0.39, 0.29) is 31.6 Å². The van der Waals surface area contributed by atoms with E-state index >= 15 is 0 Å². The molecule has 0 fully saturated rings. The third-order valence-corrected chi connectivity index (χ3v) is 14.3. The topological polar surface area (TPSA) is 72.8 Å². The summed E-state index contributed by atoms with van der Waals surface area (Å²) in [6.45, 7) is 3.87. The Morgan fingerprint density at radius 3 is 0.705 bits per heavy atom. The van der Waals surface area contributed by atoms with Crippen molar-refractivity contribution in [3.8, 4) is 0 Å². The second-order valence-electron chi connectivity index (χ2n) is 22.5. The van der Waals surface area contributed by atoms with Crippen LogP contribution in [-0.2, 0) is 19.1 Å². The molecular formula is C83H128O5. The molecule has 0 aliphatic carbocycles. The maximum atomic E-state index is 12.3. The zero-order chi connectivity index (χ0) is 63.3. The minimum Gasteiger partial charge on any atom is -0.462 e. The van der Waals surface area contributed by atoms with Crippen LogP contribution in [-0.4, -0.2) is 36.4 Å². The van der Waals surface area contributed by atoms with Gasteiger partial charge in [0.05, 0.1) is 6.61 Å².